The number of hydrogen-bond donors (Lipinski definition) is 3. The first-order valence-corrected chi connectivity index (χ1v) is 12.9. The highest BCUT2D eigenvalue weighted by Gasteiger charge is 2.48. The third kappa shape index (κ3) is 8.76. The van der Waals surface area contributed by atoms with Crippen molar-refractivity contribution in [1.82, 2.24) is 15.5 Å². The van der Waals surface area contributed by atoms with Crippen LogP contribution >= 0.6 is 0 Å². The first-order chi connectivity index (χ1) is 16.9. The number of nitrogens with two attached hydrogens (primary N) is 1. The molecule has 0 aliphatic heterocycles. The van der Waals surface area contributed by atoms with Gasteiger partial charge in [0.05, 0.1) is 0 Å². The van der Waals surface area contributed by atoms with Crippen LogP contribution in [0.3, 0.4) is 0 Å². The summed E-state index contributed by atoms with van der Waals surface area (Å²) in [4.78, 5) is 53.8. The molecule has 9 heteroatoms. The molecule has 1 aromatic carbocycles. The van der Waals surface area contributed by atoms with Crippen LogP contribution in [0.15, 0.2) is 18.2 Å². The summed E-state index contributed by atoms with van der Waals surface area (Å²) in [5.41, 5.74) is 6.70. The Labute approximate surface area is 220 Å². The highest BCUT2D eigenvalue weighted by molar-refractivity contribution is 5.93. The fraction of sp³-hybridized carbons (Fsp3) is 0.643. The summed E-state index contributed by atoms with van der Waals surface area (Å²) >= 11 is 0. The average molecular weight is 517 g/mol. The van der Waals surface area contributed by atoms with Crippen molar-refractivity contribution >= 4 is 23.8 Å². The van der Waals surface area contributed by atoms with Crippen LogP contribution in [0.25, 0.3) is 0 Å². The van der Waals surface area contributed by atoms with E-state index in [1.807, 2.05) is 59.7 Å². The van der Waals surface area contributed by atoms with Crippen molar-refractivity contribution in [3.05, 3.63) is 34.9 Å². The minimum absolute atomic E-state index is 0.00851. The molecule has 0 aromatic heterocycles. The summed E-state index contributed by atoms with van der Waals surface area (Å²) in [6.45, 7) is 16.7. The average Bonchev–Trinajstić information content (AvgIpc) is 3.44. The lowest BCUT2D eigenvalue weighted by Gasteiger charge is -2.37. The highest BCUT2D eigenvalue weighted by Crippen LogP contribution is 2.42. The Kier molecular flexibility index (Phi) is 9.38. The van der Waals surface area contributed by atoms with E-state index in [2.05, 4.69) is 10.6 Å². The number of alkyl carbamates (subject to hydrolysis) is 1. The molecule has 206 valence electrons. The maximum Gasteiger partial charge on any atom is 0.408 e. The van der Waals surface area contributed by atoms with E-state index in [0.717, 1.165) is 23.1 Å². The topological polar surface area (TPSA) is 131 Å². The molecule has 4 unspecified atom stereocenters. The molecule has 4 N–H and O–H groups in total. The summed E-state index contributed by atoms with van der Waals surface area (Å²) in [6, 6.07) is 3.49. The van der Waals surface area contributed by atoms with Gasteiger partial charge >= 0.3 is 6.09 Å². The van der Waals surface area contributed by atoms with Gasteiger partial charge in [-0.05, 0) is 90.8 Å². The molecule has 1 aromatic rings. The predicted molar refractivity (Wildman–Crippen MR) is 143 cm³/mol. The monoisotopic (exact) mass is 516 g/mol. The molecule has 2 rings (SSSR count). The molecule has 0 spiro atoms. The van der Waals surface area contributed by atoms with E-state index in [4.69, 9.17) is 10.5 Å². The third-order valence-electron chi connectivity index (χ3n) is 6.31. The molecular weight excluding hydrogens is 472 g/mol. The maximum atomic E-state index is 14.2. The minimum atomic E-state index is -1.09. The number of ether oxygens (including phenoxy) is 1. The summed E-state index contributed by atoms with van der Waals surface area (Å²) in [5.74, 6) is -1.17. The van der Waals surface area contributed by atoms with E-state index in [1.165, 1.54) is 0 Å². The van der Waals surface area contributed by atoms with Gasteiger partial charge in [0, 0.05) is 18.0 Å². The predicted octanol–water partition coefficient (Wildman–Crippen LogP) is 3.66. The van der Waals surface area contributed by atoms with Crippen molar-refractivity contribution in [3.8, 4) is 0 Å². The Morgan fingerprint density at radius 1 is 1.11 bits per heavy atom. The number of nitrogens with zero attached hydrogens (tertiary/aromatic N) is 1. The lowest BCUT2D eigenvalue weighted by atomic mass is 9.93. The van der Waals surface area contributed by atoms with Crippen LogP contribution in [-0.2, 0) is 19.1 Å². The lowest BCUT2D eigenvalue weighted by molar-refractivity contribution is -0.144. The Balaban J connectivity index is 2.58. The quantitative estimate of drug-likeness (QED) is 0.461. The maximum absolute atomic E-state index is 14.2. The molecular formula is C28H44N4O5. The molecule has 9 nitrogen and oxygen atoms in total. The summed E-state index contributed by atoms with van der Waals surface area (Å²) in [6.07, 6.45) is -0.166. The Bertz CT molecular complexity index is 1020. The summed E-state index contributed by atoms with van der Waals surface area (Å²) in [7, 11) is 0. The second-order valence-electron chi connectivity index (χ2n) is 12.2. The Morgan fingerprint density at radius 2 is 1.70 bits per heavy atom. The first kappa shape index (κ1) is 30.1. The fourth-order valence-corrected chi connectivity index (χ4v) is 4.27. The van der Waals surface area contributed by atoms with Crippen LogP contribution in [0.4, 0.5) is 4.79 Å². The van der Waals surface area contributed by atoms with Gasteiger partial charge in [-0.15, -0.1) is 0 Å². The molecule has 1 aliphatic carbocycles. The molecule has 4 amide bonds. The summed E-state index contributed by atoms with van der Waals surface area (Å²) < 4.78 is 5.38. The largest absolute Gasteiger partial charge is 0.444 e. The second kappa shape index (κ2) is 11.5. The van der Waals surface area contributed by atoms with Crippen molar-refractivity contribution in [2.75, 3.05) is 0 Å². The van der Waals surface area contributed by atoms with Crippen LogP contribution in [0.2, 0.25) is 0 Å². The van der Waals surface area contributed by atoms with Crippen LogP contribution in [-0.4, -0.2) is 51.9 Å². The van der Waals surface area contributed by atoms with Gasteiger partial charge in [0.15, 0.2) is 0 Å². The van der Waals surface area contributed by atoms with Crippen molar-refractivity contribution in [2.45, 2.75) is 111 Å². The molecule has 4 atom stereocenters. The van der Waals surface area contributed by atoms with Crippen molar-refractivity contribution in [1.29, 1.82) is 0 Å². The van der Waals surface area contributed by atoms with E-state index in [1.54, 1.807) is 25.7 Å². The molecule has 1 saturated carbocycles. The number of aryl methyl sites for hydroxylation is 1. The van der Waals surface area contributed by atoms with Gasteiger partial charge in [-0.2, -0.15) is 0 Å². The molecule has 0 radical (unpaired) electrons. The molecule has 37 heavy (non-hydrogen) atoms. The highest BCUT2D eigenvalue weighted by atomic mass is 16.6. The van der Waals surface area contributed by atoms with Gasteiger partial charge in [0.2, 0.25) is 17.7 Å². The Hall–Kier alpha value is -3.10. The van der Waals surface area contributed by atoms with Crippen LogP contribution < -0.4 is 16.4 Å². The number of primary amides is 1. The van der Waals surface area contributed by atoms with Crippen molar-refractivity contribution < 1.29 is 23.9 Å². The normalized spacial score (nSPS) is 18.8. The van der Waals surface area contributed by atoms with Crippen LogP contribution in [0, 0.1) is 19.8 Å². The van der Waals surface area contributed by atoms with Gasteiger partial charge in [-0.25, -0.2) is 4.79 Å². The number of amides is 4. The SMILES string of the molecule is Cc1cccc(C(C(=O)NC(C)(C)C)N(C(=O)C(CCC(N)=O)NC(=O)OC(C)(C)C)C2CC2C)c1C. The van der Waals surface area contributed by atoms with Crippen LogP contribution in [0.1, 0.15) is 90.5 Å². The number of benzene rings is 1. The molecule has 1 aliphatic rings. The van der Waals surface area contributed by atoms with Crippen molar-refractivity contribution in [2.24, 2.45) is 11.7 Å². The van der Waals surface area contributed by atoms with E-state index < -0.39 is 41.1 Å². The molecule has 0 bridgehead atoms. The lowest BCUT2D eigenvalue weighted by Crippen LogP contribution is -2.55. The third-order valence-corrected chi connectivity index (χ3v) is 6.31. The molecule has 0 heterocycles. The van der Waals surface area contributed by atoms with E-state index >= 15 is 0 Å². The number of rotatable bonds is 9. The zero-order chi connectivity index (χ0) is 28.3. The standard InChI is InChI=1S/C28H44N4O5/c1-16-11-10-12-19(18(16)3)23(24(34)31-27(4,5)6)32(21-15-17(21)2)25(35)20(13-14-22(29)33)30-26(36)37-28(7,8)9/h10-12,17,20-21,23H,13-15H2,1-9H3,(H2,29,33)(H,30,36)(H,31,34). The zero-order valence-electron chi connectivity index (χ0n) is 23.7. The van der Waals surface area contributed by atoms with Gasteiger partial charge < -0.3 is 26.0 Å². The number of carbonyl (C=O) groups is 4. The zero-order valence-corrected chi connectivity index (χ0v) is 23.7. The van der Waals surface area contributed by atoms with Gasteiger partial charge in [-0.1, -0.05) is 25.1 Å². The molecule has 0 saturated heterocycles. The number of nitrogens with one attached hydrogen (secondary N) is 2. The summed E-state index contributed by atoms with van der Waals surface area (Å²) in [5, 5.41) is 5.67. The van der Waals surface area contributed by atoms with E-state index in [-0.39, 0.29) is 30.7 Å². The molecule has 1 fully saturated rings. The smallest absolute Gasteiger partial charge is 0.408 e. The first-order valence-electron chi connectivity index (χ1n) is 12.9. The van der Waals surface area contributed by atoms with Gasteiger partial charge in [0.25, 0.3) is 0 Å². The number of carbonyl (C=O) groups excluding carboxylic acids is 4. The van der Waals surface area contributed by atoms with Gasteiger partial charge in [0.1, 0.15) is 17.7 Å². The Morgan fingerprint density at radius 3 is 2.19 bits per heavy atom. The minimum Gasteiger partial charge on any atom is -0.444 e. The van der Waals surface area contributed by atoms with Gasteiger partial charge in [-0.3, -0.25) is 14.4 Å². The fourth-order valence-electron chi connectivity index (χ4n) is 4.27. The van der Waals surface area contributed by atoms with Crippen molar-refractivity contribution in [3.63, 3.8) is 0 Å². The number of hydrogen-bond acceptors (Lipinski definition) is 5. The van der Waals surface area contributed by atoms with E-state index in [0.29, 0.717) is 0 Å². The second-order valence-corrected chi connectivity index (χ2v) is 12.2. The van der Waals surface area contributed by atoms with Crippen LogP contribution in [0.5, 0.6) is 0 Å². The van der Waals surface area contributed by atoms with E-state index in [9.17, 15) is 19.2 Å².